The number of rotatable bonds is 3. The summed E-state index contributed by atoms with van der Waals surface area (Å²) in [6, 6.07) is 6.95. The third kappa shape index (κ3) is 2.55. The van der Waals surface area contributed by atoms with Gasteiger partial charge in [-0.05, 0) is 25.0 Å². The molecule has 1 heterocycles. The molecule has 2 fully saturated rings. The molecule has 0 atom stereocenters. The van der Waals surface area contributed by atoms with Crippen molar-refractivity contribution in [1.82, 2.24) is 4.90 Å². The summed E-state index contributed by atoms with van der Waals surface area (Å²) in [6.45, 7) is -0.138. The van der Waals surface area contributed by atoms with E-state index < -0.39 is 5.41 Å². The average Bonchev–Trinajstić information content (AvgIpc) is 3.01. The molecule has 3 rings (SSSR count). The second-order valence-electron chi connectivity index (χ2n) is 5.88. The van der Waals surface area contributed by atoms with Gasteiger partial charge in [0, 0.05) is 16.5 Å². The highest BCUT2D eigenvalue weighted by atomic mass is 79.9. The van der Waals surface area contributed by atoms with Crippen LogP contribution in [0.3, 0.4) is 0 Å². The van der Waals surface area contributed by atoms with E-state index in [1.807, 2.05) is 0 Å². The highest BCUT2D eigenvalue weighted by Crippen LogP contribution is 2.46. The van der Waals surface area contributed by atoms with Gasteiger partial charge in [0.1, 0.15) is 0 Å². The van der Waals surface area contributed by atoms with Crippen molar-refractivity contribution in [1.29, 1.82) is 0 Å². The van der Waals surface area contributed by atoms with Crippen molar-refractivity contribution in [2.45, 2.75) is 32.1 Å². The van der Waals surface area contributed by atoms with Gasteiger partial charge in [0.25, 0.3) is 0 Å². The number of hydrogen-bond donors (Lipinski definition) is 0. The normalized spacial score (nSPS) is 20.5. The lowest BCUT2D eigenvalue weighted by molar-refractivity contribution is -0.140. The lowest BCUT2D eigenvalue weighted by Crippen LogP contribution is -2.38. The molecule has 1 aliphatic heterocycles. The Morgan fingerprint density at radius 2 is 1.76 bits per heavy atom. The predicted octanol–water partition coefficient (Wildman–Crippen LogP) is 2.95. The van der Waals surface area contributed by atoms with Crippen LogP contribution in [0.1, 0.15) is 42.5 Å². The van der Waals surface area contributed by atoms with E-state index in [0.29, 0.717) is 5.56 Å². The van der Waals surface area contributed by atoms with Gasteiger partial charge >= 0.3 is 0 Å². The van der Waals surface area contributed by atoms with E-state index in [1.165, 1.54) is 0 Å². The van der Waals surface area contributed by atoms with Gasteiger partial charge in [-0.25, -0.2) is 0 Å². The van der Waals surface area contributed by atoms with Gasteiger partial charge in [-0.3, -0.25) is 19.3 Å². The molecule has 1 aromatic carbocycles. The van der Waals surface area contributed by atoms with Crippen LogP contribution in [0.25, 0.3) is 0 Å². The lowest BCUT2D eigenvalue weighted by atomic mass is 9.84. The minimum atomic E-state index is -0.503. The summed E-state index contributed by atoms with van der Waals surface area (Å²) in [4.78, 5) is 38.0. The van der Waals surface area contributed by atoms with E-state index in [1.54, 1.807) is 24.3 Å². The zero-order valence-corrected chi connectivity index (χ0v) is 13.2. The Hall–Kier alpha value is -1.49. The topological polar surface area (TPSA) is 54.5 Å². The molecular weight excluding hydrogens is 334 g/mol. The first kappa shape index (κ1) is 14.4. The number of ketones is 1. The highest BCUT2D eigenvalue weighted by molar-refractivity contribution is 9.10. The van der Waals surface area contributed by atoms with E-state index in [0.717, 1.165) is 35.1 Å². The smallest absolute Gasteiger partial charge is 0.236 e. The van der Waals surface area contributed by atoms with Crippen molar-refractivity contribution in [3.05, 3.63) is 34.3 Å². The SMILES string of the molecule is O=C(CN1C(=O)CC2(CCCC2)C1=O)c1ccc(Br)cc1. The first-order valence-electron chi connectivity index (χ1n) is 7.15. The molecule has 1 saturated carbocycles. The Bertz CT molecular complexity index is 602. The molecule has 0 radical (unpaired) electrons. The Labute approximate surface area is 131 Å². The van der Waals surface area contributed by atoms with Gasteiger partial charge in [0.05, 0.1) is 12.0 Å². The minimum Gasteiger partial charge on any atom is -0.292 e. The van der Waals surface area contributed by atoms with Gasteiger partial charge in [0.2, 0.25) is 11.8 Å². The number of imide groups is 1. The molecule has 5 heteroatoms. The van der Waals surface area contributed by atoms with Gasteiger partial charge < -0.3 is 0 Å². The van der Waals surface area contributed by atoms with Crippen molar-refractivity contribution in [2.24, 2.45) is 5.41 Å². The molecule has 110 valence electrons. The quantitative estimate of drug-likeness (QED) is 0.622. The van der Waals surface area contributed by atoms with Crippen LogP contribution in [-0.2, 0) is 9.59 Å². The lowest BCUT2D eigenvalue weighted by Gasteiger charge is -2.20. The van der Waals surface area contributed by atoms with Crippen molar-refractivity contribution < 1.29 is 14.4 Å². The molecule has 0 N–H and O–H groups in total. The van der Waals surface area contributed by atoms with Crippen LogP contribution in [0.4, 0.5) is 0 Å². The summed E-state index contributed by atoms with van der Waals surface area (Å²) in [5, 5.41) is 0. The second-order valence-corrected chi connectivity index (χ2v) is 6.79. The Balaban J connectivity index is 1.75. The predicted molar refractivity (Wildman–Crippen MR) is 80.7 cm³/mol. The van der Waals surface area contributed by atoms with Gasteiger partial charge in [-0.15, -0.1) is 0 Å². The zero-order valence-electron chi connectivity index (χ0n) is 11.6. The molecule has 2 aliphatic rings. The Morgan fingerprint density at radius 1 is 1.14 bits per heavy atom. The molecule has 1 saturated heterocycles. The number of likely N-dealkylation sites (tertiary alicyclic amines) is 1. The zero-order chi connectivity index (χ0) is 15.0. The molecule has 2 amide bonds. The largest absolute Gasteiger partial charge is 0.292 e. The summed E-state index contributed by atoms with van der Waals surface area (Å²) in [7, 11) is 0. The average molecular weight is 350 g/mol. The number of halogens is 1. The summed E-state index contributed by atoms with van der Waals surface area (Å²) < 4.78 is 0.886. The van der Waals surface area contributed by atoms with Crippen LogP contribution in [0.5, 0.6) is 0 Å². The fourth-order valence-electron chi connectivity index (χ4n) is 3.33. The first-order valence-corrected chi connectivity index (χ1v) is 7.95. The third-order valence-electron chi connectivity index (χ3n) is 4.52. The summed E-state index contributed by atoms with van der Waals surface area (Å²) in [6.07, 6.45) is 3.82. The van der Waals surface area contributed by atoms with Crippen LogP contribution in [0, 0.1) is 5.41 Å². The number of hydrogen-bond acceptors (Lipinski definition) is 3. The number of amides is 2. The Morgan fingerprint density at radius 3 is 2.38 bits per heavy atom. The number of benzene rings is 1. The summed E-state index contributed by atoms with van der Waals surface area (Å²) in [5.41, 5.74) is 0.0167. The molecular formula is C16H16BrNO3. The van der Waals surface area contributed by atoms with Crippen LogP contribution in [0.2, 0.25) is 0 Å². The van der Waals surface area contributed by atoms with E-state index in [2.05, 4.69) is 15.9 Å². The maximum atomic E-state index is 12.5. The van der Waals surface area contributed by atoms with Gasteiger partial charge in [-0.2, -0.15) is 0 Å². The number of nitrogens with zero attached hydrogens (tertiary/aromatic N) is 1. The van der Waals surface area contributed by atoms with Crippen LogP contribution >= 0.6 is 15.9 Å². The van der Waals surface area contributed by atoms with Gasteiger partial charge in [0.15, 0.2) is 5.78 Å². The standard InChI is InChI=1S/C16H16BrNO3/c17-12-5-3-11(4-6-12)13(19)10-18-14(20)9-16(15(18)21)7-1-2-8-16/h3-6H,1-2,7-10H2. The van der Waals surface area contributed by atoms with Crippen molar-refractivity contribution in [2.75, 3.05) is 6.54 Å². The summed E-state index contributed by atoms with van der Waals surface area (Å²) in [5.74, 6) is -0.540. The monoisotopic (exact) mass is 349 g/mol. The molecule has 21 heavy (non-hydrogen) atoms. The molecule has 4 nitrogen and oxygen atoms in total. The van der Waals surface area contributed by atoms with E-state index in [4.69, 9.17) is 0 Å². The van der Waals surface area contributed by atoms with Crippen molar-refractivity contribution >= 4 is 33.5 Å². The maximum absolute atomic E-state index is 12.5. The molecule has 1 aromatic rings. The molecule has 1 aliphatic carbocycles. The van der Waals surface area contributed by atoms with Crippen LogP contribution in [0.15, 0.2) is 28.7 Å². The van der Waals surface area contributed by atoms with Crippen LogP contribution < -0.4 is 0 Å². The molecule has 1 spiro atoms. The van der Waals surface area contributed by atoms with E-state index in [-0.39, 0.29) is 30.6 Å². The number of Topliss-reactive ketones (excluding diaryl/α,β-unsaturated/α-hetero) is 1. The third-order valence-corrected chi connectivity index (χ3v) is 5.05. The van der Waals surface area contributed by atoms with Crippen molar-refractivity contribution in [3.63, 3.8) is 0 Å². The van der Waals surface area contributed by atoms with Crippen LogP contribution in [-0.4, -0.2) is 29.0 Å². The van der Waals surface area contributed by atoms with E-state index in [9.17, 15) is 14.4 Å². The fourth-order valence-corrected chi connectivity index (χ4v) is 3.60. The molecule has 0 aromatic heterocycles. The van der Waals surface area contributed by atoms with Crippen molar-refractivity contribution in [3.8, 4) is 0 Å². The fraction of sp³-hybridized carbons (Fsp3) is 0.438. The molecule has 0 unspecified atom stereocenters. The maximum Gasteiger partial charge on any atom is 0.236 e. The minimum absolute atomic E-state index is 0.138. The van der Waals surface area contributed by atoms with E-state index >= 15 is 0 Å². The number of carbonyl (C=O) groups is 3. The number of carbonyl (C=O) groups excluding carboxylic acids is 3. The van der Waals surface area contributed by atoms with Gasteiger partial charge in [-0.1, -0.05) is 40.9 Å². The molecule has 0 bridgehead atoms. The second kappa shape index (κ2) is 5.37. The Kier molecular flexibility index (Phi) is 3.69. The summed E-state index contributed by atoms with van der Waals surface area (Å²) >= 11 is 3.31. The highest BCUT2D eigenvalue weighted by Gasteiger charge is 2.52. The first-order chi connectivity index (χ1) is 10.0.